The standard InChI is InChI=1S/C28H43NO11/c1-16(2)10-12-35-26(32)39-21-9-8-20(14-22(21)40-27(33)36-13-11-17(3)4)23(24(29)25(30)31)19(7)15-37-28(34)38-18(5)6/h8-9,14,16-19,23-24H,10-13,15,29H2,1-7H3,(H,30,31)/t19?,23?,24-/m0/s1. The third-order valence-corrected chi connectivity index (χ3v) is 5.65. The number of carboxylic acids is 1. The summed E-state index contributed by atoms with van der Waals surface area (Å²) in [5.74, 6) is -2.57. The summed E-state index contributed by atoms with van der Waals surface area (Å²) < 4.78 is 30.9. The lowest BCUT2D eigenvalue weighted by atomic mass is 9.82. The fourth-order valence-electron chi connectivity index (χ4n) is 3.46. The Hall–Kier alpha value is -3.54. The Morgan fingerprint density at radius 2 is 1.30 bits per heavy atom. The SMILES string of the molecule is CC(C)CCOC(=O)Oc1ccc(C(C(C)COC(=O)OC(C)C)[C@H](N)C(=O)O)cc1OC(=O)OCCC(C)C. The van der Waals surface area contributed by atoms with Crippen LogP contribution in [0.1, 0.15) is 72.8 Å². The lowest BCUT2D eigenvalue weighted by Gasteiger charge is -2.28. The van der Waals surface area contributed by atoms with Gasteiger partial charge < -0.3 is 39.3 Å². The molecule has 0 heterocycles. The molecule has 40 heavy (non-hydrogen) atoms. The van der Waals surface area contributed by atoms with Gasteiger partial charge in [-0.15, -0.1) is 0 Å². The lowest BCUT2D eigenvalue weighted by molar-refractivity contribution is -0.139. The van der Waals surface area contributed by atoms with E-state index in [2.05, 4.69) is 0 Å². The van der Waals surface area contributed by atoms with Crippen LogP contribution in [0.25, 0.3) is 0 Å². The molecule has 12 heteroatoms. The van der Waals surface area contributed by atoms with Crippen LogP contribution in [0.5, 0.6) is 11.5 Å². The molecule has 0 fully saturated rings. The normalized spacial score (nSPS) is 13.4. The highest BCUT2D eigenvalue weighted by molar-refractivity contribution is 5.75. The van der Waals surface area contributed by atoms with Gasteiger partial charge in [0.25, 0.3) is 0 Å². The molecule has 0 aliphatic heterocycles. The lowest BCUT2D eigenvalue weighted by Crippen LogP contribution is -2.40. The van der Waals surface area contributed by atoms with E-state index in [0.717, 1.165) is 0 Å². The van der Waals surface area contributed by atoms with Crippen molar-refractivity contribution in [3.05, 3.63) is 23.8 Å². The summed E-state index contributed by atoms with van der Waals surface area (Å²) in [6.07, 6.45) is -2.12. The predicted molar refractivity (Wildman–Crippen MR) is 144 cm³/mol. The van der Waals surface area contributed by atoms with Crippen LogP contribution < -0.4 is 15.2 Å². The van der Waals surface area contributed by atoms with Crippen molar-refractivity contribution < 1.29 is 52.7 Å². The zero-order valence-electron chi connectivity index (χ0n) is 24.3. The smallest absolute Gasteiger partial charge is 0.480 e. The molecule has 0 aliphatic rings. The van der Waals surface area contributed by atoms with Crippen LogP contribution in [-0.2, 0) is 23.7 Å². The van der Waals surface area contributed by atoms with Gasteiger partial charge in [-0.3, -0.25) is 4.79 Å². The highest BCUT2D eigenvalue weighted by Crippen LogP contribution is 2.36. The van der Waals surface area contributed by atoms with E-state index in [1.54, 1.807) is 20.8 Å². The van der Waals surface area contributed by atoms with Crippen molar-refractivity contribution in [2.45, 2.75) is 79.4 Å². The van der Waals surface area contributed by atoms with Crippen molar-refractivity contribution in [1.82, 2.24) is 0 Å². The molecule has 0 saturated carbocycles. The summed E-state index contributed by atoms with van der Waals surface area (Å²) in [6, 6.07) is 2.72. The van der Waals surface area contributed by atoms with Crippen LogP contribution in [0.3, 0.4) is 0 Å². The second-order valence-corrected chi connectivity index (χ2v) is 10.6. The maximum Gasteiger partial charge on any atom is 0.513 e. The average Bonchev–Trinajstić information content (AvgIpc) is 2.83. The van der Waals surface area contributed by atoms with Crippen LogP contribution in [-0.4, -0.2) is 61.5 Å². The molecule has 2 unspecified atom stereocenters. The van der Waals surface area contributed by atoms with Gasteiger partial charge >= 0.3 is 24.4 Å². The van der Waals surface area contributed by atoms with E-state index in [9.17, 15) is 24.3 Å². The zero-order chi connectivity index (χ0) is 30.4. The second-order valence-electron chi connectivity index (χ2n) is 10.6. The van der Waals surface area contributed by atoms with Gasteiger partial charge in [0.05, 0.1) is 25.9 Å². The molecule has 0 radical (unpaired) electrons. The fourth-order valence-corrected chi connectivity index (χ4v) is 3.46. The molecular formula is C28H43NO11. The molecule has 0 amide bonds. The second kappa shape index (κ2) is 17.2. The van der Waals surface area contributed by atoms with Gasteiger partial charge in [-0.2, -0.15) is 0 Å². The summed E-state index contributed by atoms with van der Waals surface area (Å²) in [6.45, 7) is 12.9. The molecular weight excluding hydrogens is 526 g/mol. The van der Waals surface area contributed by atoms with E-state index in [1.165, 1.54) is 18.2 Å². The Morgan fingerprint density at radius 3 is 1.77 bits per heavy atom. The van der Waals surface area contributed by atoms with E-state index in [1.807, 2.05) is 27.7 Å². The van der Waals surface area contributed by atoms with Crippen molar-refractivity contribution in [3.63, 3.8) is 0 Å². The van der Waals surface area contributed by atoms with Crippen molar-refractivity contribution in [1.29, 1.82) is 0 Å². The first-order valence-corrected chi connectivity index (χ1v) is 13.4. The number of nitrogens with two attached hydrogens (primary N) is 1. The van der Waals surface area contributed by atoms with E-state index in [-0.39, 0.29) is 37.2 Å². The van der Waals surface area contributed by atoms with Crippen molar-refractivity contribution in [3.8, 4) is 11.5 Å². The topological polar surface area (TPSA) is 170 Å². The summed E-state index contributed by atoms with van der Waals surface area (Å²) >= 11 is 0. The quantitative estimate of drug-likeness (QED) is 0.155. The van der Waals surface area contributed by atoms with Gasteiger partial charge in [-0.05, 0) is 62.1 Å². The van der Waals surface area contributed by atoms with E-state index < -0.39 is 48.4 Å². The highest BCUT2D eigenvalue weighted by atomic mass is 16.7. The van der Waals surface area contributed by atoms with Gasteiger partial charge in [0.1, 0.15) is 6.04 Å². The number of aliphatic carboxylic acids is 1. The zero-order valence-corrected chi connectivity index (χ0v) is 24.3. The molecule has 0 aromatic heterocycles. The van der Waals surface area contributed by atoms with Crippen LogP contribution in [0.15, 0.2) is 18.2 Å². The van der Waals surface area contributed by atoms with Crippen LogP contribution in [0.2, 0.25) is 0 Å². The molecule has 0 aliphatic carbocycles. The van der Waals surface area contributed by atoms with Crippen LogP contribution >= 0.6 is 0 Å². The summed E-state index contributed by atoms with van der Waals surface area (Å²) in [7, 11) is 0. The first-order valence-electron chi connectivity index (χ1n) is 13.4. The van der Waals surface area contributed by atoms with Gasteiger partial charge in [-0.25, -0.2) is 14.4 Å². The summed E-state index contributed by atoms with van der Waals surface area (Å²) in [4.78, 5) is 48.4. The van der Waals surface area contributed by atoms with Gasteiger partial charge in [0.2, 0.25) is 0 Å². The third kappa shape index (κ3) is 13.0. The Balaban J connectivity index is 3.27. The molecule has 226 valence electrons. The third-order valence-electron chi connectivity index (χ3n) is 5.65. The minimum Gasteiger partial charge on any atom is -0.480 e. The first-order chi connectivity index (χ1) is 18.7. The number of hydrogen-bond donors (Lipinski definition) is 2. The number of rotatable bonds is 15. The van der Waals surface area contributed by atoms with Crippen LogP contribution in [0.4, 0.5) is 14.4 Å². The number of carbonyl (C=O) groups excluding carboxylic acids is 3. The Kier molecular flexibility index (Phi) is 14.8. The Morgan fingerprint density at radius 1 is 0.775 bits per heavy atom. The van der Waals surface area contributed by atoms with E-state index >= 15 is 0 Å². The number of carbonyl (C=O) groups is 4. The molecule has 3 N–H and O–H groups in total. The maximum absolute atomic E-state index is 12.4. The fraction of sp³-hybridized carbons (Fsp3) is 0.643. The molecule has 1 aromatic rings. The molecule has 12 nitrogen and oxygen atoms in total. The number of ether oxygens (including phenoxy) is 6. The van der Waals surface area contributed by atoms with Crippen molar-refractivity contribution in [2.75, 3.05) is 19.8 Å². The predicted octanol–water partition coefficient (Wildman–Crippen LogP) is 5.50. The Labute approximate surface area is 235 Å². The number of hydrogen-bond acceptors (Lipinski definition) is 11. The van der Waals surface area contributed by atoms with Gasteiger partial charge in [0, 0.05) is 5.92 Å². The molecule has 0 spiro atoms. The molecule has 1 aromatic carbocycles. The number of carboxylic acid groups (broad SMARTS) is 1. The maximum atomic E-state index is 12.4. The summed E-state index contributed by atoms with van der Waals surface area (Å²) in [5, 5.41) is 9.66. The minimum atomic E-state index is -1.42. The highest BCUT2D eigenvalue weighted by Gasteiger charge is 2.33. The molecule has 0 bridgehead atoms. The van der Waals surface area contributed by atoms with Gasteiger partial charge in [-0.1, -0.05) is 40.7 Å². The summed E-state index contributed by atoms with van der Waals surface area (Å²) in [5.41, 5.74) is 6.34. The van der Waals surface area contributed by atoms with Crippen LogP contribution in [0, 0.1) is 17.8 Å². The monoisotopic (exact) mass is 569 g/mol. The number of benzene rings is 1. The van der Waals surface area contributed by atoms with Crippen molar-refractivity contribution in [2.24, 2.45) is 23.5 Å². The van der Waals surface area contributed by atoms with E-state index in [4.69, 9.17) is 34.2 Å². The first kappa shape index (κ1) is 34.5. The average molecular weight is 570 g/mol. The Bertz CT molecular complexity index is 977. The molecule has 0 saturated heterocycles. The minimum absolute atomic E-state index is 0.108. The largest absolute Gasteiger partial charge is 0.513 e. The van der Waals surface area contributed by atoms with Crippen molar-refractivity contribution >= 4 is 24.4 Å². The molecule has 1 rings (SSSR count). The van der Waals surface area contributed by atoms with E-state index in [0.29, 0.717) is 24.3 Å². The molecule has 3 atom stereocenters. The van der Waals surface area contributed by atoms with Gasteiger partial charge in [0.15, 0.2) is 11.5 Å².